The highest BCUT2D eigenvalue weighted by molar-refractivity contribution is 7.87. The molecule has 5 N–H and O–H groups in total. The minimum atomic E-state index is -5.30. The van der Waals surface area contributed by atoms with Crippen molar-refractivity contribution in [1.82, 2.24) is 0 Å². The molecule has 0 fully saturated rings. The molecule has 9 nitrogen and oxygen atoms in total. The Hall–Kier alpha value is 0.210. The molecule has 0 rings (SSSR count). The molecule has 0 heterocycles. The van der Waals surface area contributed by atoms with E-state index in [2.05, 4.69) is 0 Å². The van der Waals surface area contributed by atoms with Crippen LogP contribution in [0, 0.1) is 0 Å². The van der Waals surface area contributed by atoms with Gasteiger partial charge in [-0.1, -0.05) is 0 Å². The van der Waals surface area contributed by atoms with Crippen molar-refractivity contribution >= 4 is 25.3 Å². The van der Waals surface area contributed by atoms with Crippen molar-refractivity contribution in [2.24, 2.45) is 0 Å². The van der Waals surface area contributed by atoms with Gasteiger partial charge in [0.1, 0.15) is 5.75 Å². The summed E-state index contributed by atoms with van der Waals surface area (Å²) in [5.41, 5.74) is 0. The van der Waals surface area contributed by atoms with Crippen LogP contribution in [-0.4, -0.2) is 43.7 Å². The van der Waals surface area contributed by atoms with E-state index in [4.69, 9.17) is 24.1 Å². The average molecular weight is 270 g/mol. The Balaban J connectivity index is 5.18. The third-order valence-corrected chi connectivity index (χ3v) is 6.11. The Morgan fingerprint density at radius 1 is 1.00 bits per heavy atom. The zero-order chi connectivity index (χ0) is 11.8. The summed E-state index contributed by atoms with van der Waals surface area (Å²) in [5, 5.41) is -2.73. The molecule has 0 atom stereocenters. The van der Waals surface area contributed by atoms with Gasteiger partial charge in [-0.05, 0) is 0 Å². The molecule has 0 aromatic heterocycles. The standard InChI is InChI=1S/C2H8O9P2S/c3-12(4,5)2(13(6,7)8)1-14(9,10)11/h2H,1H2,(H2,3,4,5)(H2,6,7,8)(H,9,10,11). The highest BCUT2D eigenvalue weighted by atomic mass is 32.2. The summed E-state index contributed by atoms with van der Waals surface area (Å²) in [7, 11) is -15.5. The summed E-state index contributed by atoms with van der Waals surface area (Å²) >= 11 is 0. The molecular weight excluding hydrogens is 262 g/mol. The largest absolute Gasteiger partial charge is 0.341 e. The first-order chi connectivity index (χ1) is 5.84. The van der Waals surface area contributed by atoms with Gasteiger partial charge in [-0.25, -0.2) is 0 Å². The lowest BCUT2D eigenvalue weighted by atomic mass is 10.9. The Labute approximate surface area is 78.8 Å². The summed E-state index contributed by atoms with van der Waals surface area (Å²) in [4.78, 5) is 33.7. The van der Waals surface area contributed by atoms with Crippen molar-refractivity contribution in [2.75, 3.05) is 5.75 Å². The lowest BCUT2D eigenvalue weighted by Crippen LogP contribution is -2.21. The Morgan fingerprint density at radius 2 is 1.29 bits per heavy atom. The zero-order valence-electron chi connectivity index (χ0n) is 6.46. The third-order valence-electron chi connectivity index (χ3n) is 1.14. The van der Waals surface area contributed by atoms with Crippen LogP contribution in [0.1, 0.15) is 0 Å². The first kappa shape index (κ1) is 14.2. The van der Waals surface area contributed by atoms with E-state index in [1.165, 1.54) is 0 Å². The maximum atomic E-state index is 10.5. The van der Waals surface area contributed by atoms with Gasteiger partial charge in [-0.2, -0.15) is 8.42 Å². The Bertz CT molecular complexity index is 361. The molecular formula is C2H8O9P2S. The molecule has 14 heavy (non-hydrogen) atoms. The molecule has 0 unspecified atom stereocenters. The molecule has 0 aliphatic rings. The fourth-order valence-electron chi connectivity index (χ4n) is 0.579. The van der Waals surface area contributed by atoms with Gasteiger partial charge < -0.3 is 19.6 Å². The normalized spacial score (nSPS) is 14.7. The molecule has 0 radical (unpaired) electrons. The molecule has 86 valence electrons. The lowest BCUT2D eigenvalue weighted by Gasteiger charge is -2.17. The average Bonchev–Trinajstić information content (AvgIpc) is 1.75. The van der Waals surface area contributed by atoms with Crippen LogP contribution in [0.3, 0.4) is 0 Å². The van der Waals surface area contributed by atoms with Gasteiger partial charge in [0, 0.05) is 0 Å². The molecule has 0 bridgehead atoms. The molecule has 0 aliphatic carbocycles. The van der Waals surface area contributed by atoms with Gasteiger partial charge in [0.25, 0.3) is 10.1 Å². The van der Waals surface area contributed by atoms with E-state index >= 15 is 0 Å². The second kappa shape index (κ2) is 3.99. The predicted molar refractivity (Wildman–Crippen MR) is 44.3 cm³/mol. The van der Waals surface area contributed by atoms with E-state index in [0.717, 1.165) is 0 Å². The minimum absolute atomic E-state index is 1.69. The quantitative estimate of drug-likeness (QED) is 0.303. The molecule has 0 spiro atoms. The molecule has 0 aromatic rings. The lowest BCUT2D eigenvalue weighted by molar-refractivity contribution is 0.340. The number of rotatable bonds is 4. The van der Waals surface area contributed by atoms with Crippen LogP contribution < -0.4 is 0 Å². The van der Waals surface area contributed by atoms with Crippen LogP contribution in [0.4, 0.5) is 0 Å². The summed E-state index contributed by atoms with van der Waals surface area (Å²) in [6, 6.07) is 0. The van der Waals surface area contributed by atoms with Crippen LogP contribution in [0.2, 0.25) is 0 Å². The van der Waals surface area contributed by atoms with Gasteiger partial charge in [-0.15, -0.1) is 0 Å². The highest BCUT2D eigenvalue weighted by Gasteiger charge is 2.45. The smallest absolute Gasteiger partial charge is 0.324 e. The van der Waals surface area contributed by atoms with Gasteiger partial charge in [0.15, 0.2) is 5.40 Å². The fourth-order valence-corrected chi connectivity index (χ4v) is 5.21. The second-order valence-electron chi connectivity index (χ2n) is 2.41. The van der Waals surface area contributed by atoms with Crippen molar-refractivity contribution in [1.29, 1.82) is 0 Å². The Morgan fingerprint density at radius 3 is 1.36 bits per heavy atom. The topological polar surface area (TPSA) is 169 Å². The third kappa shape index (κ3) is 5.18. The monoisotopic (exact) mass is 270 g/mol. The van der Waals surface area contributed by atoms with E-state index < -0.39 is 36.5 Å². The van der Waals surface area contributed by atoms with Crippen LogP contribution in [0.25, 0.3) is 0 Å². The first-order valence-electron chi connectivity index (χ1n) is 2.89. The summed E-state index contributed by atoms with van der Waals surface area (Å²) in [6.07, 6.45) is 0. The second-order valence-corrected chi connectivity index (χ2v) is 7.91. The van der Waals surface area contributed by atoms with E-state index in [1.807, 2.05) is 0 Å². The number of hydrogen-bond acceptors (Lipinski definition) is 4. The fraction of sp³-hybridized carbons (Fsp3) is 1.00. The maximum Gasteiger partial charge on any atom is 0.341 e. The van der Waals surface area contributed by atoms with Gasteiger partial charge in [0.05, 0.1) is 0 Å². The molecule has 12 heteroatoms. The van der Waals surface area contributed by atoms with Crippen molar-refractivity contribution in [3.63, 3.8) is 0 Å². The Kier molecular flexibility index (Phi) is 4.05. The van der Waals surface area contributed by atoms with E-state index in [-0.39, 0.29) is 0 Å². The zero-order valence-corrected chi connectivity index (χ0v) is 9.06. The molecule has 0 saturated heterocycles. The van der Waals surface area contributed by atoms with Crippen molar-refractivity contribution in [3.05, 3.63) is 0 Å². The maximum absolute atomic E-state index is 10.5. The highest BCUT2D eigenvalue weighted by Crippen LogP contribution is 2.60. The van der Waals surface area contributed by atoms with Crippen LogP contribution in [0.5, 0.6) is 0 Å². The first-order valence-corrected chi connectivity index (χ1v) is 7.87. The molecule has 0 aromatic carbocycles. The van der Waals surface area contributed by atoms with Crippen LogP contribution in [-0.2, 0) is 19.2 Å². The van der Waals surface area contributed by atoms with Crippen molar-refractivity contribution in [2.45, 2.75) is 5.40 Å². The SMILES string of the molecule is O=P(O)(O)C(CS(=O)(=O)O)P(=O)(O)O. The van der Waals surface area contributed by atoms with Gasteiger partial charge in [0.2, 0.25) is 0 Å². The molecule has 0 amide bonds. The van der Waals surface area contributed by atoms with Crippen LogP contribution >= 0.6 is 15.2 Å². The minimum Gasteiger partial charge on any atom is -0.324 e. The van der Waals surface area contributed by atoms with E-state index in [0.29, 0.717) is 0 Å². The molecule has 0 aliphatic heterocycles. The summed E-state index contributed by atoms with van der Waals surface area (Å²) in [6.45, 7) is 0. The van der Waals surface area contributed by atoms with Gasteiger partial charge in [-0.3, -0.25) is 13.7 Å². The summed E-state index contributed by atoms with van der Waals surface area (Å²) in [5.74, 6) is -1.69. The predicted octanol–water partition coefficient (Wildman–Crippen LogP) is -1.44. The van der Waals surface area contributed by atoms with E-state index in [1.54, 1.807) is 0 Å². The van der Waals surface area contributed by atoms with Crippen molar-refractivity contribution in [3.8, 4) is 0 Å². The summed E-state index contributed by atoms with van der Waals surface area (Å²) < 4.78 is 49.6. The van der Waals surface area contributed by atoms with Gasteiger partial charge >= 0.3 is 15.2 Å². The molecule has 0 saturated carbocycles. The number of hydrogen-bond donors (Lipinski definition) is 5. The van der Waals surface area contributed by atoms with E-state index in [9.17, 15) is 17.5 Å². The van der Waals surface area contributed by atoms with Crippen LogP contribution in [0.15, 0.2) is 0 Å². The van der Waals surface area contributed by atoms with Crippen molar-refractivity contribution < 1.29 is 41.7 Å².